The summed E-state index contributed by atoms with van der Waals surface area (Å²) in [5.74, 6) is 0.273. The van der Waals surface area contributed by atoms with Crippen molar-refractivity contribution in [2.75, 3.05) is 32.8 Å². The van der Waals surface area contributed by atoms with Gasteiger partial charge in [-0.25, -0.2) is 0 Å². The predicted molar refractivity (Wildman–Crippen MR) is 58.9 cm³/mol. The lowest BCUT2D eigenvalue weighted by Crippen LogP contribution is -2.37. The normalized spacial score (nSPS) is 20.5. The third-order valence-corrected chi connectivity index (χ3v) is 3.05. The number of carbonyl (C=O) groups excluding carboxylic acids is 1. The van der Waals surface area contributed by atoms with E-state index in [1.54, 1.807) is 0 Å². The quantitative estimate of drug-likeness (QED) is 0.683. The van der Waals surface area contributed by atoms with Gasteiger partial charge in [-0.2, -0.15) is 0 Å². The Balaban J connectivity index is 1.77. The Hall–Kier alpha value is -1.19. The first-order chi connectivity index (χ1) is 7.29. The van der Waals surface area contributed by atoms with E-state index in [0.29, 0.717) is 6.54 Å². The molecule has 15 heavy (non-hydrogen) atoms. The van der Waals surface area contributed by atoms with Gasteiger partial charge in [-0.3, -0.25) is 4.79 Å². The summed E-state index contributed by atoms with van der Waals surface area (Å²) in [6.45, 7) is 6.42. The molecule has 0 unspecified atom stereocenters. The number of rotatable bonds is 3. The number of nitrogens with zero attached hydrogens (tertiary/aromatic N) is 3. The van der Waals surface area contributed by atoms with E-state index in [1.165, 1.54) is 12.8 Å². The highest BCUT2D eigenvalue weighted by molar-refractivity contribution is 5.78. The van der Waals surface area contributed by atoms with E-state index >= 15 is 0 Å². The summed E-state index contributed by atoms with van der Waals surface area (Å²) in [6.07, 6.45) is 6.40. The van der Waals surface area contributed by atoms with Crippen LogP contribution in [-0.2, 0) is 4.79 Å². The number of hydrogen-bond donors (Lipinski definition) is 0. The van der Waals surface area contributed by atoms with E-state index in [0.717, 1.165) is 26.3 Å². The SMILES string of the molecule is CCN1C=CN(CC(=O)N2CCCC2)C1. The maximum absolute atomic E-state index is 11.8. The summed E-state index contributed by atoms with van der Waals surface area (Å²) >= 11 is 0. The average molecular weight is 209 g/mol. The molecule has 0 aromatic carbocycles. The van der Waals surface area contributed by atoms with Crippen LogP contribution in [-0.4, -0.2) is 53.5 Å². The Morgan fingerprint density at radius 2 is 1.87 bits per heavy atom. The first-order valence-electron chi connectivity index (χ1n) is 5.74. The molecule has 4 heteroatoms. The lowest BCUT2D eigenvalue weighted by molar-refractivity contribution is -0.130. The van der Waals surface area contributed by atoms with Gasteiger partial charge in [0.1, 0.15) is 0 Å². The molecule has 0 bridgehead atoms. The largest absolute Gasteiger partial charge is 0.359 e. The summed E-state index contributed by atoms with van der Waals surface area (Å²) in [5.41, 5.74) is 0. The molecule has 0 radical (unpaired) electrons. The molecule has 1 amide bonds. The van der Waals surface area contributed by atoms with E-state index in [-0.39, 0.29) is 5.91 Å². The third kappa shape index (κ3) is 2.43. The molecule has 1 saturated heterocycles. The number of amides is 1. The highest BCUT2D eigenvalue weighted by atomic mass is 16.2. The van der Waals surface area contributed by atoms with Crippen LogP contribution in [0.25, 0.3) is 0 Å². The second kappa shape index (κ2) is 4.55. The summed E-state index contributed by atoms with van der Waals surface area (Å²) in [6, 6.07) is 0. The van der Waals surface area contributed by atoms with Crippen LogP contribution in [0.3, 0.4) is 0 Å². The second-order valence-corrected chi connectivity index (χ2v) is 4.18. The fourth-order valence-corrected chi connectivity index (χ4v) is 2.06. The molecular formula is C11H19N3O. The molecule has 0 saturated carbocycles. The van der Waals surface area contributed by atoms with E-state index < -0.39 is 0 Å². The zero-order chi connectivity index (χ0) is 10.7. The molecule has 1 fully saturated rings. The fourth-order valence-electron chi connectivity index (χ4n) is 2.06. The summed E-state index contributed by atoms with van der Waals surface area (Å²) in [7, 11) is 0. The van der Waals surface area contributed by atoms with E-state index in [2.05, 4.69) is 22.9 Å². The zero-order valence-electron chi connectivity index (χ0n) is 9.35. The Morgan fingerprint density at radius 3 is 2.47 bits per heavy atom. The molecule has 0 aliphatic carbocycles. The van der Waals surface area contributed by atoms with Gasteiger partial charge < -0.3 is 14.7 Å². The third-order valence-electron chi connectivity index (χ3n) is 3.05. The van der Waals surface area contributed by atoms with Crippen LogP contribution in [0.4, 0.5) is 0 Å². The van der Waals surface area contributed by atoms with Crippen molar-refractivity contribution in [1.82, 2.24) is 14.7 Å². The summed E-state index contributed by atoms with van der Waals surface area (Å²) < 4.78 is 0. The van der Waals surface area contributed by atoms with Crippen LogP contribution in [0.15, 0.2) is 12.4 Å². The Labute approximate surface area is 91.1 Å². The van der Waals surface area contributed by atoms with Crippen LogP contribution < -0.4 is 0 Å². The van der Waals surface area contributed by atoms with Crippen molar-refractivity contribution < 1.29 is 4.79 Å². The highest BCUT2D eigenvalue weighted by Gasteiger charge is 2.21. The lowest BCUT2D eigenvalue weighted by atomic mass is 10.4. The minimum atomic E-state index is 0.273. The van der Waals surface area contributed by atoms with Crippen molar-refractivity contribution in [3.63, 3.8) is 0 Å². The molecule has 2 heterocycles. The molecule has 0 aromatic heterocycles. The van der Waals surface area contributed by atoms with Crippen molar-refractivity contribution in [2.45, 2.75) is 19.8 Å². The maximum Gasteiger partial charge on any atom is 0.242 e. The molecule has 2 aliphatic rings. The van der Waals surface area contributed by atoms with Gasteiger partial charge in [-0.15, -0.1) is 0 Å². The van der Waals surface area contributed by atoms with E-state index in [4.69, 9.17) is 0 Å². The maximum atomic E-state index is 11.8. The summed E-state index contributed by atoms with van der Waals surface area (Å²) in [4.78, 5) is 18.1. The molecule has 0 N–H and O–H groups in total. The summed E-state index contributed by atoms with van der Waals surface area (Å²) in [5, 5.41) is 0. The molecule has 0 atom stereocenters. The van der Waals surface area contributed by atoms with Gasteiger partial charge in [0, 0.05) is 32.0 Å². The van der Waals surface area contributed by atoms with Crippen molar-refractivity contribution in [3.8, 4) is 0 Å². The topological polar surface area (TPSA) is 26.8 Å². The zero-order valence-corrected chi connectivity index (χ0v) is 9.35. The highest BCUT2D eigenvalue weighted by Crippen LogP contribution is 2.10. The monoisotopic (exact) mass is 209 g/mol. The molecule has 84 valence electrons. The van der Waals surface area contributed by atoms with Crippen LogP contribution in [0, 0.1) is 0 Å². The van der Waals surface area contributed by atoms with Gasteiger partial charge in [0.15, 0.2) is 0 Å². The molecule has 2 rings (SSSR count). The Kier molecular flexibility index (Phi) is 3.14. The standard InChI is InChI=1S/C11H19N3O/c1-2-12-7-8-13(10-12)9-11(15)14-5-3-4-6-14/h7-8H,2-6,9-10H2,1H3. The van der Waals surface area contributed by atoms with Crippen molar-refractivity contribution in [1.29, 1.82) is 0 Å². The Bertz CT molecular complexity index is 259. The lowest BCUT2D eigenvalue weighted by Gasteiger charge is -2.22. The minimum absolute atomic E-state index is 0.273. The van der Waals surface area contributed by atoms with Crippen molar-refractivity contribution in [2.24, 2.45) is 0 Å². The van der Waals surface area contributed by atoms with Gasteiger partial charge in [0.2, 0.25) is 5.91 Å². The average Bonchev–Trinajstić information content (AvgIpc) is 2.87. The molecular weight excluding hydrogens is 190 g/mol. The Morgan fingerprint density at radius 1 is 1.20 bits per heavy atom. The van der Waals surface area contributed by atoms with Crippen molar-refractivity contribution >= 4 is 5.91 Å². The molecule has 0 aromatic rings. The molecule has 0 spiro atoms. The minimum Gasteiger partial charge on any atom is -0.359 e. The smallest absolute Gasteiger partial charge is 0.242 e. The first kappa shape index (κ1) is 10.3. The van der Waals surface area contributed by atoms with E-state index in [1.807, 2.05) is 11.1 Å². The van der Waals surface area contributed by atoms with E-state index in [9.17, 15) is 4.79 Å². The van der Waals surface area contributed by atoms with Crippen LogP contribution >= 0.6 is 0 Å². The van der Waals surface area contributed by atoms with Gasteiger partial charge in [0.05, 0.1) is 13.2 Å². The fraction of sp³-hybridized carbons (Fsp3) is 0.727. The van der Waals surface area contributed by atoms with Crippen LogP contribution in [0.1, 0.15) is 19.8 Å². The number of carbonyl (C=O) groups is 1. The second-order valence-electron chi connectivity index (χ2n) is 4.18. The van der Waals surface area contributed by atoms with Crippen molar-refractivity contribution in [3.05, 3.63) is 12.4 Å². The van der Waals surface area contributed by atoms with Crippen LogP contribution in [0.2, 0.25) is 0 Å². The number of likely N-dealkylation sites (tertiary alicyclic amines) is 1. The number of hydrogen-bond acceptors (Lipinski definition) is 3. The van der Waals surface area contributed by atoms with Gasteiger partial charge in [-0.05, 0) is 19.8 Å². The molecule has 4 nitrogen and oxygen atoms in total. The predicted octanol–water partition coefficient (Wildman–Crippen LogP) is 0.675. The van der Waals surface area contributed by atoms with Gasteiger partial charge >= 0.3 is 0 Å². The van der Waals surface area contributed by atoms with Crippen LogP contribution in [0.5, 0.6) is 0 Å². The molecule has 2 aliphatic heterocycles. The first-order valence-corrected chi connectivity index (χ1v) is 5.74. The van der Waals surface area contributed by atoms with Gasteiger partial charge in [-0.1, -0.05) is 0 Å². The van der Waals surface area contributed by atoms with Gasteiger partial charge in [0.25, 0.3) is 0 Å².